The molecule has 2 amide bonds. The van der Waals surface area contributed by atoms with Gasteiger partial charge in [0.1, 0.15) is 17.6 Å². The standard InChI is InChI=1S/C21H22N2O7/c1-3-27-17-11-15-9-13(2)30-18(15)10-14(17)6-7-20(25)29-12-19(24)22-23-21(26)16-5-4-8-28-16/h4-8,10-11,13H,3,9,12H2,1-2H3,(H,22,24)(H,23,26)/b7-6+/t13-/m1/s1. The second-order valence-corrected chi connectivity index (χ2v) is 6.48. The fraction of sp³-hybridized carbons (Fsp3) is 0.286. The molecule has 0 saturated heterocycles. The van der Waals surface area contributed by atoms with Crippen LogP contribution in [0.3, 0.4) is 0 Å². The van der Waals surface area contributed by atoms with Crippen LogP contribution in [0.2, 0.25) is 0 Å². The molecule has 2 aromatic rings. The molecule has 1 atom stereocenters. The van der Waals surface area contributed by atoms with E-state index < -0.39 is 24.4 Å². The van der Waals surface area contributed by atoms with Crippen LogP contribution in [-0.4, -0.2) is 37.1 Å². The summed E-state index contributed by atoms with van der Waals surface area (Å²) in [5.74, 6) is -0.627. The summed E-state index contributed by atoms with van der Waals surface area (Å²) in [4.78, 5) is 35.3. The van der Waals surface area contributed by atoms with E-state index in [1.807, 2.05) is 26.0 Å². The van der Waals surface area contributed by atoms with Crippen molar-refractivity contribution < 1.29 is 33.0 Å². The maximum Gasteiger partial charge on any atom is 0.331 e. The molecule has 2 heterocycles. The molecule has 9 nitrogen and oxygen atoms in total. The largest absolute Gasteiger partial charge is 0.493 e. The Kier molecular flexibility index (Phi) is 6.74. The van der Waals surface area contributed by atoms with E-state index in [9.17, 15) is 14.4 Å². The SMILES string of the molecule is CCOc1cc2c(cc1/C=C/C(=O)OCC(=O)NNC(=O)c1ccco1)O[C@H](C)C2. The third kappa shape index (κ3) is 5.40. The van der Waals surface area contributed by atoms with Gasteiger partial charge in [0.15, 0.2) is 12.4 Å². The van der Waals surface area contributed by atoms with E-state index in [1.54, 1.807) is 0 Å². The van der Waals surface area contributed by atoms with Crippen LogP contribution in [0.15, 0.2) is 41.0 Å². The number of furan rings is 1. The zero-order valence-corrected chi connectivity index (χ0v) is 16.6. The molecule has 30 heavy (non-hydrogen) atoms. The van der Waals surface area contributed by atoms with E-state index in [0.717, 1.165) is 17.7 Å². The van der Waals surface area contributed by atoms with Crippen molar-refractivity contribution in [3.8, 4) is 11.5 Å². The second-order valence-electron chi connectivity index (χ2n) is 6.48. The minimum absolute atomic E-state index is 0.0352. The summed E-state index contributed by atoms with van der Waals surface area (Å²) in [5, 5.41) is 0. The van der Waals surface area contributed by atoms with Crippen LogP contribution in [-0.2, 0) is 20.7 Å². The second kappa shape index (κ2) is 9.64. The highest BCUT2D eigenvalue weighted by Gasteiger charge is 2.21. The Morgan fingerprint density at radius 1 is 1.27 bits per heavy atom. The first-order valence-corrected chi connectivity index (χ1v) is 9.40. The van der Waals surface area contributed by atoms with Crippen molar-refractivity contribution in [1.29, 1.82) is 0 Å². The molecular weight excluding hydrogens is 392 g/mol. The predicted octanol–water partition coefficient (Wildman–Crippen LogP) is 2.02. The Morgan fingerprint density at radius 3 is 2.83 bits per heavy atom. The van der Waals surface area contributed by atoms with E-state index in [1.165, 1.54) is 30.5 Å². The summed E-state index contributed by atoms with van der Waals surface area (Å²) in [6.45, 7) is 3.77. The Balaban J connectivity index is 1.51. The Morgan fingerprint density at radius 2 is 2.10 bits per heavy atom. The fourth-order valence-corrected chi connectivity index (χ4v) is 2.84. The molecular formula is C21H22N2O7. The monoisotopic (exact) mass is 414 g/mol. The highest BCUT2D eigenvalue weighted by molar-refractivity contribution is 5.93. The average Bonchev–Trinajstić information content (AvgIpc) is 3.37. The summed E-state index contributed by atoms with van der Waals surface area (Å²) >= 11 is 0. The normalized spacial score (nSPS) is 14.7. The first kappa shape index (κ1) is 21.0. The number of carbonyl (C=O) groups excluding carboxylic acids is 3. The average molecular weight is 414 g/mol. The molecule has 0 radical (unpaired) electrons. The number of esters is 1. The number of benzene rings is 1. The van der Waals surface area contributed by atoms with Crippen molar-refractivity contribution in [3.63, 3.8) is 0 Å². The highest BCUT2D eigenvalue weighted by Crippen LogP contribution is 2.35. The van der Waals surface area contributed by atoms with E-state index >= 15 is 0 Å². The molecule has 3 rings (SSSR count). The predicted molar refractivity (Wildman–Crippen MR) is 106 cm³/mol. The van der Waals surface area contributed by atoms with Crippen molar-refractivity contribution in [1.82, 2.24) is 10.9 Å². The van der Waals surface area contributed by atoms with Gasteiger partial charge in [0.25, 0.3) is 5.91 Å². The lowest BCUT2D eigenvalue weighted by Gasteiger charge is -2.10. The number of hydrogen-bond donors (Lipinski definition) is 2. The van der Waals surface area contributed by atoms with Gasteiger partial charge in [0.05, 0.1) is 12.9 Å². The van der Waals surface area contributed by atoms with Crippen molar-refractivity contribution in [2.24, 2.45) is 0 Å². The quantitative estimate of drug-likeness (QED) is 0.404. The zero-order valence-electron chi connectivity index (χ0n) is 16.6. The van der Waals surface area contributed by atoms with Crippen LogP contribution in [0.1, 0.15) is 35.5 Å². The van der Waals surface area contributed by atoms with Gasteiger partial charge in [-0.05, 0) is 44.2 Å². The topological polar surface area (TPSA) is 116 Å². The molecule has 0 aliphatic carbocycles. The van der Waals surface area contributed by atoms with Gasteiger partial charge in [-0.2, -0.15) is 0 Å². The Hall–Kier alpha value is -3.75. The third-order valence-electron chi connectivity index (χ3n) is 4.13. The number of ether oxygens (including phenoxy) is 3. The molecule has 1 aromatic carbocycles. The Labute approximate surface area is 172 Å². The van der Waals surface area contributed by atoms with Crippen LogP contribution in [0.5, 0.6) is 11.5 Å². The molecule has 158 valence electrons. The third-order valence-corrected chi connectivity index (χ3v) is 4.13. The number of rotatable bonds is 7. The van der Waals surface area contributed by atoms with Gasteiger partial charge >= 0.3 is 11.9 Å². The number of amides is 2. The Bertz CT molecular complexity index is 951. The van der Waals surface area contributed by atoms with Crippen molar-refractivity contribution in [2.75, 3.05) is 13.2 Å². The van der Waals surface area contributed by atoms with Crippen LogP contribution in [0.4, 0.5) is 0 Å². The molecule has 2 N–H and O–H groups in total. The smallest absolute Gasteiger partial charge is 0.331 e. The highest BCUT2D eigenvalue weighted by atomic mass is 16.5. The lowest BCUT2D eigenvalue weighted by molar-refractivity contribution is -0.144. The molecule has 0 spiro atoms. The summed E-state index contributed by atoms with van der Waals surface area (Å²) in [7, 11) is 0. The van der Waals surface area contributed by atoms with Crippen molar-refractivity contribution in [3.05, 3.63) is 53.5 Å². The maximum absolute atomic E-state index is 11.9. The summed E-state index contributed by atoms with van der Waals surface area (Å²) in [6, 6.07) is 6.69. The number of fused-ring (bicyclic) bond motifs is 1. The van der Waals surface area contributed by atoms with Gasteiger partial charge < -0.3 is 18.6 Å². The molecule has 9 heteroatoms. The molecule has 0 bridgehead atoms. The van der Waals surface area contributed by atoms with Gasteiger partial charge in [0, 0.05) is 23.6 Å². The fourth-order valence-electron chi connectivity index (χ4n) is 2.84. The van der Waals surface area contributed by atoms with Gasteiger partial charge in [-0.15, -0.1) is 0 Å². The van der Waals surface area contributed by atoms with E-state index in [-0.39, 0.29) is 11.9 Å². The zero-order chi connectivity index (χ0) is 21.5. The summed E-state index contributed by atoms with van der Waals surface area (Å²) in [6.07, 6.45) is 4.95. The van der Waals surface area contributed by atoms with E-state index in [0.29, 0.717) is 17.9 Å². The molecule has 0 fully saturated rings. The minimum atomic E-state index is -0.722. The van der Waals surface area contributed by atoms with Crippen LogP contribution >= 0.6 is 0 Å². The van der Waals surface area contributed by atoms with Crippen molar-refractivity contribution in [2.45, 2.75) is 26.4 Å². The first-order valence-electron chi connectivity index (χ1n) is 9.40. The molecule has 0 unspecified atom stereocenters. The lowest BCUT2D eigenvalue weighted by Crippen LogP contribution is -2.43. The van der Waals surface area contributed by atoms with Crippen molar-refractivity contribution >= 4 is 23.9 Å². The molecule has 1 aromatic heterocycles. The molecule has 1 aliphatic heterocycles. The number of hydrazine groups is 1. The van der Waals surface area contributed by atoms with Gasteiger partial charge in [0.2, 0.25) is 0 Å². The van der Waals surface area contributed by atoms with Gasteiger partial charge in [-0.1, -0.05) is 0 Å². The van der Waals surface area contributed by atoms with Crippen LogP contribution in [0, 0.1) is 0 Å². The maximum atomic E-state index is 11.9. The van der Waals surface area contributed by atoms with Crippen LogP contribution in [0.25, 0.3) is 6.08 Å². The number of carbonyl (C=O) groups is 3. The molecule has 0 saturated carbocycles. The molecule has 1 aliphatic rings. The van der Waals surface area contributed by atoms with Gasteiger partial charge in [-0.25, -0.2) is 4.79 Å². The lowest BCUT2D eigenvalue weighted by atomic mass is 10.1. The summed E-state index contributed by atoms with van der Waals surface area (Å²) in [5.41, 5.74) is 5.98. The van der Waals surface area contributed by atoms with E-state index in [2.05, 4.69) is 10.9 Å². The number of hydrogen-bond acceptors (Lipinski definition) is 7. The minimum Gasteiger partial charge on any atom is -0.493 e. The first-order chi connectivity index (χ1) is 14.5. The summed E-state index contributed by atoms with van der Waals surface area (Å²) < 4.78 is 21.1. The number of nitrogens with one attached hydrogen (secondary N) is 2. The van der Waals surface area contributed by atoms with E-state index in [4.69, 9.17) is 18.6 Å². The van der Waals surface area contributed by atoms with Crippen LogP contribution < -0.4 is 20.3 Å². The van der Waals surface area contributed by atoms with Gasteiger partial charge in [-0.3, -0.25) is 20.4 Å².